The van der Waals surface area contributed by atoms with Gasteiger partial charge in [0.15, 0.2) is 5.82 Å². The van der Waals surface area contributed by atoms with E-state index < -0.39 is 5.60 Å². The molecule has 0 bridgehead atoms. The third kappa shape index (κ3) is 4.89. The minimum Gasteiger partial charge on any atom is -0.388 e. The summed E-state index contributed by atoms with van der Waals surface area (Å²) in [5, 5.41) is 14.8. The van der Waals surface area contributed by atoms with Crippen LogP contribution >= 0.6 is 0 Å². The molecule has 1 unspecified atom stereocenters. The number of carbonyl (C=O) groups excluding carboxylic acids is 1. The van der Waals surface area contributed by atoms with Gasteiger partial charge in [-0.2, -0.15) is 4.98 Å². The zero-order valence-electron chi connectivity index (χ0n) is 15.4. The second kappa shape index (κ2) is 7.97. The molecule has 1 atom stereocenters. The summed E-state index contributed by atoms with van der Waals surface area (Å²) in [7, 11) is 1.70. The maximum atomic E-state index is 12.6. The van der Waals surface area contributed by atoms with Crippen LogP contribution in [0, 0.1) is 6.92 Å². The standard InChI is InChI=1S/C19H26N4O3/c1-15-20-17(21-26-15)13-22(2)18(24)11-19(25)9-6-10-23(14-19)12-16-7-4-3-5-8-16/h3-5,7-8,25H,6,9-14H2,1-2H3. The summed E-state index contributed by atoms with van der Waals surface area (Å²) in [6.45, 7) is 4.21. The van der Waals surface area contributed by atoms with E-state index in [2.05, 4.69) is 27.2 Å². The van der Waals surface area contributed by atoms with Crippen LogP contribution in [-0.2, 0) is 17.9 Å². The fraction of sp³-hybridized carbons (Fsp3) is 0.526. The highest BCUT2D eigenvalue weighted by Gasteiger charge is 2.36. The number of rotatable bonds is 6. The van der Waals surface area contributed by atoms with Crippen molar-refractivity contribution in [2.45, 2.75) is 44.9 Å². The largest absolute Gasteiger partial charge is 0.388 e. The maximum absolute atomic E-state index is 12.6. The molecule has 7 nitrogen and oxygen atoms in total. The van der Waals surface area contributed by atoms with Crippen LogP contribution in [0.5, 0.6) is 0 Å². The van der Waals surface area contributed by atoms with Gasteiger partial charge in [-0.05, 0) is 24.9 Å². The molecule has 140 valence electrons. The van der Waals surface area contributed by atoms with E-state index >= 15 is 0 Å². The summed E-state index contributed by atoms with van der Waals surface area (Å²) in [5.74, 6) is 0.833. The number of nitrogens with zero attached hydrogens (tertiary/aromatic N) is 4. The SMILES string of the molecule is Cc1nc(CN(C)C(=O)CC2(O)CCCN(Cc3ccccc3)C2)no1. The Morgan fingerprint density at radius 3 is 2.85 bits per heavy atom. The van der Waals surface area contributed by atoms with Crippen molar-refractivity contribution in [2.24, 2.45) is 0 Å². The average molecular weight is 358 g/mol. The molecule has 2 heterocycles. The molecule has 2 aromatic rings. The molecular weight excluding hydrogens is 332 g/mol. The van der Waals surface area contributed by atoms with E-state index in [1.807, 2.05) is 18.2 Å². The Balaban J connectivity index is 1.55. The third-order valence-electron chi connectivity index (χ3n) is 4.74. The molecule has 7 heteroatoms. The number of carbonyl (C=O) groups is 1. The molecule has 1 aromatic heterocycles. The number of aryl methyl sites for hydroxylation is 1. The van der Waals surface area contributed by atoms with Gasteiger partial charge in [0.25, 0.3) is 0 Å². The van der Waals surface area contributed by atoms with Gasteiger partial charge in [0.2, 0.25) is 11.8 Å². The molecule has 1 saturated heterocycles. The second-order valence-electron chi connectivity index (χ2n) is 7.18. The summed E-state index contributed by atoms with van der Waals surface area (Å²) in [5.41, 5.74) is 0.221. The van der Waals surface area contributed by atoms with Gasteiger partial charge in [-0.3, -0.25) is 9.69 Å². The van der Waals surface area contributed by atoms with Crippen LogP contribution < -0.4 is 0 Å². The fourth-order valence-corrected chi connectivity index (χ4v) is 3.45. The van der Waals surface area contributed by atoms with Crippen molar-refractivity contribution >= 4 is 5.91 Å². The van der Waals surface area contributed by atoms with E-state index in [4.69, 9.17) is 4.52 Å². The highest BCUT2D eigenvalue weighted by atomic mass is 16.5. The first-order valence-corrected chi connectivity index (χ1v) is 8.95. The smallest absolute Gasteiger partial charge is 0.225 e. The number of aromatic nitrogens is 2. The fourth-order valence-electron chi connectivity index (χ4n) is 3.45. The van der Waals surface area contributed by atoms with E-state index in [1.54, 1.807) is 18.9 Å². The van der Waals surface area contributed by atoms with Crippen molar-refractivity contribution in [3.8, 4) is 0 Å². The molecule has 1 fully saturated rings. The number of β-amino-alcohol motifs (C(OH)–C–C–N with tert-alkyl or cyclic N) is 1. The minimum atomic E-state index is -0.995. The first-order valence-electron chi connectivity index (χ1n) is 8.95. The zero-order chi connectivity index (χ0) is 18.6. The monoisotopic (exact) mass is 358 g/mol. The number of hydrogen-bond donors (Lipinski definition) is 1. The Kier molecular flexibility index (Phi) is 5.68. The number of hydrogen-bond acceptors (Lipinski definition) is 6. The Hall–Kier alpha value is -2.25. The maximum Gasteiger partial charge on any atom is 0.225 e. The molecule has 0 aliphatic carbocycles. The molecular formula is C19H26N4O3. The van der Waals surface area contributed by atoms with Gasteiger partial charge in [0, 0.05) is 27.1 Å². The van der Waals surface area contributed by atoms with Gasteiger partial charge in [-0.1, -0.05) is 35.5 Å². The van der Waals surface area contributed by atoms with Crippen LogP contribution in [-0.4, -0.2) is 56.7 Å². The van der Waals surface area contributed by atoms with Gasteiger partial charge in [-0.25, -0.2) is 0 Å². The first kappa shape index (κ1) is 18.5. The number of aliphatic hydroxyl groups is 1. The van der Waals surface area contributed by atoms with Gasteiger partial charge in [-0.15, -0.1) is 0 Å². The Morgan fingerprint density at radius 1 is 1.38 bits per heavy atom. The van der Waals surface area contributed by atoms with Gasteiger partial charge in [0.05, 0.1) is 18.6 Å². The highest BCUT2D eigenvalue weighted by molar-refractivity contribution is 5.77. The Labute approximate surface area is 153 Å². The highest BCUT2D eigenvalue weighted by Crippen LogP contribution is 2.26. The van der Waals surface area contributed by atoms with E-state index in [-0.39, 0.29) is 18.9 Å². The normalized spacial score (nSPS) is 20.9. The number of likely N-dealkylation sites (tertiary alicyclic amines) is 1. The molecule has 1 aromatic carbocycles. The van der Waals surface area contributed by atoms with Crippen LogP contribution in [0.15, 0.2) is 34.9 Å². The predicted molar refractivity (Wildman–Crippen MR) is 96.0 cm³/mol. The summed E-state index contributed by atoms with van der Waals surface area (Å²) in [6, 6.07) is 10.2. The van der Waals surface area contributed by atoms with E-state index in [1.165, 1.54) is 5.56 Å². The number of benzene rings is 1. The van der Waals surface area contributed by atoms with E-state index in [0.717, 1.165) is 19.5 Å². The molecule has 3 rings (SSSR count). The topological polar surface area (TPSA) is 82.7 Å². The van der Waals surface area contributed by atoms with Crippen molar-refractivity contribution in [3.63, 3.8) is 0 Å². The lowest BCUT2D eigenvalue weighted by atomic mass is 9.89. The summed E-state index contributed by atoms with van der Waals surface area (Å²) in [4.78, 5) is 20.4. The molecule has 26 heavy (non-hydrogen) atoms. The zero-order valence-corrected chi connectivity index (χ0v) is 15.4. The Morgan fingerprint density at radius 2 is 2.15 bits per heavy atom. The van der Waals surface area contributed by atoms with Gasteiger partial charge in [0.1, 0.15) is 0 Å². The van der Waals surface area contributed by atoms with Crippen LogP contribution in [0.1, 0.15) is 36.5 Å². The van der Waals surface area contributed by atoms with Crippen molar-refractivity contribution in [2.75, 3.05) is 20.1 Å². The van der Waals surface area contributed by atoms with Crippen LogP contribution in [0.4, 0.5) is 0 Å². The molecule has 0 spiro atoms. The van der Waals surface area contributed by atoms with E-state index in [0.29, 0.717) is 24.7 Å². The number of amides is 1. The first-order chi connectivity index (χ1) is 12.4. The van der Waals surface area contributed by atoms with Gasteiger partial charge >= 0.3 is 0 Å². The predicted octanol–water partition coefficient (Wildman–Crippen LogP) is 1.75. The van der Waals surface area contributed by atoms with Crippen molar-refractivity contribution in [1.29, 1.82) is 0 Å². The lowest BCUT2D eigenvalue weighted by Gasteiger charge is -2.39. The molecule has 1 amide bonds. The second-order valence-corrected chi connectivity index (χ2v) is 7.18. The summed E-state index contributed by atoms with van der Waals surface area (Å²) >= 11 is 0. The molecule has 0 radical (unpaired) electrons. The minimum absolute atomic E-state index is 0.103. The van der Waals surface area contributed by atoms with Crippen molar-refractivity contribution < 1.29 is 14.4 Å². The molecule has 1 N–H and O–H groups in total. The molecule has 1 aliphatic rings. The Bertz CT molecular complexity index is 733. The van der Waals surface area contributed by atoms with Gasteiger partial charge < -0.3 is 14.5 Å². The van der Waals surface area contributed by atoms with E-state index in [9.17, 15) is 9.90 Å². The quantitative estimate of drug-likeness (QED) is 0.847. The number of piperidine rings is 1. The average Bonchev–Trinajstić information content (AvgIpc) is 3.00. The van der Waals surface area contributed by atoms with Crippen molar-refractivity contribution in [1.82, 2.24) is 19.9 Å². The third-order valence-corrected chi connectivity index (χ3v) is 4.74. The lowest BCUT2D eigenvalue weighted by Crippen LogP contribution is -2.50. The molecule has 1 aliphatic heterocycles. The van der Waals surface area contributed by atoms with Crippen LogP contribution in [0.25, 0.3) is 0 Å². The summed E-state index contributed by atoms with van der Waals surface area (Å²) < 4.78 is 4.93. The summed E-state index contributed by atoms with van der Waals surface area (Å²) in [6.07, 6.45) is 1.62. The molecule has 0 saturated carbocycles. The van der Waals surface area contributed by atoms with Crippen molar-refractivity contribution in [3.05, 3.63) is 47.6 Å². The van der Waals surface area contributed by atoms with Crippen LogP contribution in [0.3, 0.4) is 0 Å². The lowest BCUT2D eigenvalue weighted by molar-refractivity contribution is -0.138. The van der Waals surface area contributed by atoms with Crippen LogP contribution in [0.2, 0.25) is 0 Å².